The van der Waals surface area contributed by atoms with E-state index in [1.54, 1.807) is 0 Å². The highest BCUT2D eigenvalue weighted by Crippen LogP contribution is 2.04. The topological polar surface area (TPSA) is 8.81 Å². The monoisotopic (exact) mass is 153 g/mol. The van der Waals surface area contributed by atoms with E-state index in [1.807, 2.05) is 0 Å². The van der Waals surface area contributed by atoms with Crippen LogP contribution >= 0.6 is 0 Å². The van der Waals surface area contributed by atoms with Gasteiger partial charge in [-0.1, -0.05) is 6.92 Å². The fourth-order valence-electron chi connectivity index (χ4n) is 1.57. The summed E-state index contributed by atoms with van der Waals surface area (Å²) in [5, 5.41) is 0. The van der Waals surface area contributed by atoms with Crippen molar-refractivity contribution in [2.24, 2.45) is 14.1 Å². The maximum absolute atomic E-state index is 2.26. The maximum atomic E-state index is 2.26. The first kappa shape index (κ1) is 8.31. The molecule has 1 heterocycles. The van der Waals surface area contributed by atoms with Gasteiger partial charge in [0.05, 0.1) is 14.1 Å². The van der Waals surface area contributed by atoms with Crippen LogP contribution in [0.2, 0.25) is 0 Å². The molecule has 0 saturated carbocycles. The molecule has 11 heavy (non-hydrogen) atoms. The number of hydrogen-bond donors (Lipinski definition) is 0. The van der Waals surface area contributed by atoms with E-state index in [1.165, 1.54) is 17.2 Å². The van der Waals surface area contributed by atoms with Crippen LogP contribution in [-0.2, 0) is 20.5 Å². The van der Waals surface area contributed by atoms with Gasteiger partial charge in [-0.2, -0.15) is 0 Å². The van der Waals surface area contributed by atoms with Crippen LogP contribution in [0.3, 0.4) is 0 Å². The van der Waals surface area contributed by atoms with Crippen LogP contribution < -0.4 is 4.57 Å². The van der Waals surface area contributed by atoms with Crippen LogP contribution in [0.1, 0.15) is 24.1 Å². The maximum Gasteiger partial charge on any atom is 0.256 e. The molecule has 0 amide bonds. The average Bonchev–Trinajstić information content (AvgIpc) is 2.17. The lowest BCUT2D eigenvalue weighted by Crippen LogP contribution is -2.34. The van der Waals surface area contributed by atoms with Gasteiger partial charge in [0.1, 0.15) is 11.4 Å². The number of nitrogens with zero attached hydrogens (tertiary/aromatic N) is 2. The van der Waals surface area contributed by atoms with Crippen LogP contribution in [0.15, 0.2) is 0 Å². The summed E-state index contributed by atoms with van der Waals surface area (Å²) in [6.07, 6.45) is 1.10. The molecule has 1 aromatic rings. The number of aromatic nitrogens is 2. The summed E-state index contributed by atoms with van der Waals surface area (Å²) in [7, 11) is 4.25. The second-order valence-corrected chi connectivity index (χ2v) is 3.06. The van der Waals surface area contributed by atoms with Crippen molar-refractivity contribution in [2.45, 2.75) is 27.2 Å². The molecule has 62 valence electrons. The Hall–Kier alpha value is -0.790. The van der Waals surface area contributed by atoms with Crippen molar-refractivity contribution in [3.63, 3.8) is 0 Å². The molecule has 0 bridgehead atoms. The Kier molecular flexibility index (Phi) is 2.03. The van der Waals surface area contributed by atoms with E-state index in [-0.39, 0.29) is 0 Å². The van der Waals surface area contributed by atoms with E-state index >= 15 is 0 Å². The molecular weight excluding hydrogens is 136 g/mol. The molecule has 0 aromatic carbocycles. The lowest BCUT2D eigenvalue weighted by atomic mass is 10.4. The first-order valence-corrected chi connectivity index (χ1v) is 4.10. The van der Waals surface area contributed by atoms with Gasteiger partial charge in [-0.15, -0.1) is 0 Å². The molecule has 0 saturated heterocycles. The van der Waals surface area contributed by atoms with Gasteiger partial charge >= 0.3 is 0 Å². The predicted molar refractivity (Wildman–Crippen MR) is 45.4 cm³/mol. The first-order chi connectivity index (χ1) is 5.09. The highest BCUT2D eigenvalue weighted by atomic mass is 15.1. The summed E-state index contributed by atoms with van der Waals surface area (Å²) in [5.41, 5.74) is 2.73. The molecular formula is C9H17N2+. The highest BCUT2D eigenvalue weighted by Gasteiger charge is 2.17. The number of rotatable bonds is 1. The lowest BCUT2D eigenvalue weighted by Gasteiger charge is -1.92. The zero-order valence-electron chi connectivity index (χ0n) is 8.10. The van der Waals surface area contributed by atoms with Crippen molar-refractivity contribution < 1.29 is 4.57 Å². The van der Waals surface area contributed by atoms with Gasteiger partial charge in [-0.3, -0.25) is 0 Å². The van der Waals surface area contributed by atoms with Crippen LogP contribution in [0, 0.1) is 13.8 Å². The third-order valence-electron chi connectivity index (χ3n) is 2.62. The second-order valence-electron chi connectivity index (χ2n) is 3.06. The average molecular weight is 153 g/mol. The molecule has 0 spiro atoms. The van der Waals surface area contributed by atoms with E-state index < -0.39 is 0 Å². The van der Waals surface area contributed by atoms with Crippen LogP contribution in [0.4, 0.5) is 0 Å². The van der Waals surface area contributed by atoms with Gasteiger partial charge in [0.25, 0.3) is 5.82 Å². The first-order valence-electron chi connectivity index (χ1n) is 4.10. The minimum Gasteiger partial charge on any atom is -0.234 e. The largest absolute Gasteiger partial charge is 0.256 e. The van der Waals surface area contributed by atoms with E-state index in [9.17, 15) is 0 Å². The van der Waals surface area contributed by atoms with Crippen molar-refractivity contribution in [1.82, 2.24) is 4.57 Å². The predicted octanol–water partition coefficient (Wildman–Crippen LogP) is 1.03. The quantitative estimate of drug-likeness (QED) is 0.533. The highest BCUT2D eigenvalue weighted by molar-refractivity contribution is 5.06. The van der Waals surface area contributed by atoms with Gasteiger partial charge in [0, 0.05) is 20.3 Å². The lowest BCUT2D eigenvalue weighted by molar-refractivity contribution is -0.684. The summed E-state index contributed by atoms with van der Waals surface area (Å²) in [6.45, 7) is 6.51. The number of imidazole rings is 1. The third-order valence-corrected chi connectivity index (χ3v) is 2.62. The minimum atomic E-state index is 1.10. The molecule has 0 N–H and O–H groups in total. The molecule has 0 fully saturated rings. The van der Waals surface area contributed by atoms with E-state index in [0.29, 0.717) is 0 Å². The normalized spacial score (nSPS) is 10.6. The summed E-state index contributed by atoms with van der Waals surface area (Å²) in [4.78, 5) is 0. The standard InChI is InChI=1S/C9H17N2/c1-6-9-10(4)7(2)8(3)11(9)5/h6H2,1-5H3/q+1. The Morgan fingerprint density at radius 2 is 1.91 bits per heavy atom. The summed E-state index contributed by atoms with van der Waals surface area (Å²) in [5.74, 6) is 1.39. The molecule has 2 nitrogen and oxygen atoms in total. The van der Waals surface area contributed by atoms with Gasteiger partial charge in [0.2, 0.25) is 0 Å². The van der Waals surface area contributed by atoms with Crippen LogP contribution in [-0.4, -0.2) is 4.57 Å². The van der Waals surface area contributed by atoms with Gasteiger partial charge in [-0.25, -0.2) is 9.13 Å². The molecule has 0 aliphatic heterocycles. The van der Waals surface area contributed by atoms with Crippen molar-refractivity contribution in [1.29, 1.82) is 0 Å². The molecule has 0 radical (unpaired) electrons. The van der Waals surface area contributed by atoms with Crippen molar-refractivity contribution in [3.8, 4) is 0 Å². The molecule has 0 unspecified atom stereocenters. The zero-order valence-corrected chi connectivity index (χ0v) is 8.10. The summed E-state index contributed by atoms with van der Waals surface area (Å²) in [6, 6.07) is 0. The third kappa shape index (κ3) is 1.06. The number of hydrogen-bond acceptors (Lipinski definition) is 0. The minimum absolute atomic E-state index is 1.10. The molecule has 1 rings (SSSR count). The molecule has 0 atom stereocenters. The van der Waals surface area contributed by atoms with Gasteiger partial charge in [0.15, 0.2) is 0 Å². The Morgan fingerprint density at radius 1 is 1.36 bits per heavy atom. The van der Waals surface area contributed by atoms with Crippen LogP contribution in [0.5, 0.6) is 0 Å². The molecule has 0 aliphatic rings. The Labute approximate surface area is 68.5 Å². The SMILES string of the molecule is CCc1n(C)c(C)c(C)[n+]1C. The Bertz CT molecular complexity index is 246. The van der Waals surface area contributed by atoms with Crippen molar-refractivity contribution in [2.75, 3.05) is 0 Å². The van der Waals surface area contributed by atoms with Gasteiger partial charge in [-0.05, 0) is 0 Å². The van der Waals surface area contributed by atoms with E-state index in [0.717, 1.165) is 6.42 Å². The Balaban J connectivity index is 3.36. The summed E-state index contributed by atoms with van der Waals surface area (Å²) >= 11 is 0. The van der Waals surface area contributed by atoms with Crippen LogP contribution in [0.25, 0.3) is 0 Å². The van der Waals surface area contributed by atoms with E-state index in [4.69, 9.17) is 0 Å². The fraction of sp³-hybridized carbons (Fsp3) is 0.667. The molecule has 0 aliphatic carbocycles. The molecule has 1 aromatic heterocycles. The van der Waals surface area contributed by atoms with E-state index in [2.05, 4.69) is 44.0 Å². The van der Waals surface area contributed by atoms with Gasteiger partial charge < -0.3 is 0 Å². The van der Waals surface area contributed by atoms with Crippen molar-refractivity contribution in [3.05, 3.63) is 17.2 Å². The zero-order chi connectivity index (χ0) is 8.59. The summed E-state index contributed by atoms with van der Waals surface area (Å²) < 4.78 is 4.52. The molecule has 2 heteroatoms. The van der Waals surface area contributed by atoms with Crippen molar-refractivity contribution >= 4 is 0 Å². The smallest absolute Gasteiger partial charge is 0.234 e. The second kappa shape index (κ2) is 2.68. The Morgan fingerprint density at radius 3 is 2.09 bits per heavy atom. The fourth-order valence-corrected chi connectivity index (χ4v) is 1.57.